The van der Waals surface area contributed by atoms with Crippen LogP contribution in [0.15, 0.2) is 0 Å². The van der Waals surface area contributed by atoms with Crippen LogP contribution in [-0.2, 0) is 9.57 Å². The number of amides is 1. The molecule has 5 rings (SSSR count). The molecule has 0 aromatic heterocycles. The third kappa shape index (κ3) is 2.07. The van der Waals surface area contributed by atoms with E-state index in [1.807, 2.05) is 0 Å². The molecule has 5 unspecified atom stereocenters. The van der Waals surface area contributed by atoms with Crippen LogP contribution in [0.1, 0.15) is 44.9 Å². The molecule has 0 aromatic rings. The summed E-state index contributed by atoms with van der Waals surface area (Å²) in [5.41, 5.74) is 3.18. The van der Waals surface area contributed by atoms with Gasteiger partial charge in [0.25, 0.3) is 0 Å². The van der Waals surface area contributed by atoms with Gasteiger partial charge in [0.2, 0.25) is 0 Å². The molecular formula is C16H25N3O3. The van der Waals surface area contributed by atoms with Gasteiger partial charge >= 0.3 is 6.09 Å². The van der Waals surface area contributed by atoms with Gasteiger partial charge in [0.05, 0.1) is 11.7 Å². The molecule has 2 aliphatic heterocycles. The fraction of sp³-hybridized carbons (Fsp3) is 0.938. The second-order valence-corrected chi connectivity index (χ2v) is 7.97. The zero-order chi connectivity index (χ0) is 14.7. The average molecular weight is 307 g/mol. The first kappa shape index (κ1) is 13.6. The molecular weight excluding hydrogens is 282 g/mol. The van der Waals surface area contributed by atoms with Gasteiger partial charge in [-0.25, -0.2) is 4.79 Å². The highest BCUT2D eigenvalue weighted by atomic mass is 16.7. The molecule has 22 heavy (non-hydrogen) atoms. The maximum atomic E-state index is 11.5. The molecule has 3 aliphatic carbocycles. The number of fused-ring (bicyclic) bond motifs is 2. The van der Waals surface area contributed by atoms with E-state index in [0.717, 1.165) is 12.3 Å². The molecule has 122 valence electrons. The van der Waals surface area contributed by atoms with Crippen molar-refractivity contribution in [1.82, 2.24) is 16.1 Å². The topological polar surface area (TPSA) is 71.6 Å². The maximum absolute atomic E-state index is 11.5. The van der Waals surface area contributed by atoms with Crippen molar-refractivity contribution in [2.24, 2.45) is 23.7 Å². The molecule has 1 spiro atoms. The van der Waals surface area contributed by atoms with Crippen molar-refractivity contribution in [2.45, 2.75) is 62.9 Å². The van der Waals surface area contributed by atoms with E-state index in [4.69, 9.17) is 9.57 Å². The first-order valence-electron chi connectivity index (χ1n) is 8.86. The number of rotatable bonds is 2. The number of ether oxygens (including phenoxy) is 1. The van der Waals surface area contributed by atoms with Crippen LogP contribution in [0.3, 0.4) is 0 Å². The SMILES string of the molecule is O=C1N[C@@]2(CCC3CC(C4NOC(C5CC5)N4)CCC32)CO1. The summed E-state index contributed by atoms with van der Waals surface area (Å²) in [6.07, 6.45) is 8.80. The van der Waals surface area contributed by atoms with Gasteiger partial charge in [-0.2, -0.15) is 5.48 Å². The Bertz CT molecular complexity index is 483. The Balaban J connectivity index is 1.24. The Labute approximate surface area is 130 Å². The fourth-order valence-corrected chi connectivity index (χ4v) is 5.34. The first-order valence-corrected chi connectivity index (χ1v) is 8.86. The minimum atomic E-state index is -0.220. The number of hydroxylamine groups is 1. The van der Waals surface area contributed by atoms with Crippen LogP contribution in [-0.4, -0.2) is 30.6 Å². The largest absolute Gasteiger partial charge is 0.447 e. The number of hydrogen-bond donors (Lipinski definition) is 3. The summed E-state index contributed by atoms with van der Waals surface area (Å²) in [5.74, 6) is 2.66. The quantitative estimate of drug-likeness (QED) is 0.721. The van der Waals surface area contributed by atoms with Crippen molar-refractivity contribution in [2.75, 3.05) is 6.61 Å². The number of nitrogens with one attached hydrogen (secondary N) is 3. The lowest BCUT2D eigenvalue weighted by molar-refractivity contribution is 0.00290. The fourth-order valence-electron chi connectivity index (χ4n) is 5.34. The Hall–Kier alpha value is -0.850. The molecule has 6 atom stereocenters. The molecule has 5 fully saturated rings. The third-order valence-electron chi connectivity index (χ3n) is 6.69. The standard InChI is InChI=1S/C16H25N3O3/c20-15-18-16(8-21-15)6-5-10-7-11(3-4-12(10)16)13-17-14(22-19-13)9-1-2-9/h9-14,17,19H,1-8H2,(H,18,20)/t10?,11?,12?,13?,14?,16-/m0/s1. The smallest absolute Gasteiger partial charge is 0.407 e. The lowest BCUT2D eigenvalue weighted by Crippen LogP contribution is -2.51. The number of carbonyl (C=O) groups is 1. The summed E-state index contributed by atoms with van der Waals surface area (Å²) in [6.45, 7) is 0.574. The van der Waals surface area contributed by atoms with E-state index < -0.39 is 0 Å². The minimum absolute atomic E-state index is 0.0592. The minimum Gasteiger partial charge on any atom is -0.447 e. The molecule has 0 radical (unpaired) electrons. The van der Waals surface area contributed by atoms with E-state index in [-0.39, 0.29) is 17.9 Å². The van der Waals surface area contributed by atoms with Crippen LogP contribution in [0.4, 0.5) is 4.79 Å². The number of hydrogen-bond acceptors (Lipinski definition) is 5. The van der Waals surface area contributed by atoms with Crippen LogP contribution in [0.25, 0.3) is 0 Å². The highest BCUT2D eigenvalue weighted by molar-refractivity contribution is 5.71. The number of alkyl carbamates (subject to hydrolysis) is 1. The van der Waals surface area contributed by atoms with E-state index in [1.165, 1.54) is 38.5 Å². The van der Waals surface area contributed by atoms with Gasteiger partial charge in [0.15, 0.2) is 0 Å². The number of carbonyl (C=O) groups excluding carboxylic acids is 1. The lowest BCUT2D eigenvalue weighted by Gasteiger charge is -2.39. The van der Waals surface area contributed by atoms with E-state index >= 15 is 0 Å². The van der Waals surface area contributed by atoms with Crippen molar-refractivity contribution in [3.63, 3.8) is 0 Å². The molecule has 1 amide bonds. The van der Waals surface area contributed by atoms with Gasteiger partial charge < -0.3 is 10.1 Å². The molecule has 5 aliphatic rings. The van der Waals surface area contributed by atoms with Crippen LogP contribution >= 0.6 is 0 Å². The third-order valence-corrected chi connectivity index (χ3v) is 6.69. The van der Waals surface area contributed by atoms with Crippen LogP contribution in [0.5, 0.6) is 0 Å². The summed E-state index contributed by atoms with van der Waals surface area (Å²) >= 11 is 0. The second kappa shape index (κ2) is 4.82. The molecule has 3 N–H and O–H groups in total. The molecule has 0 aromatic carbocycles. The van der Waals surface area contributed by atoms with E-state index in [2.05, 4.69) is 16.1 Å². The molecule has 3 saturated carbocycles. The molecule has 2 heterocycles. The predicted octanol–water partition coefficient (Wildman–Crippen LogP) is 1.48. The zero-order valence-corrected chi connectivity index (χ0v) is 12.8. The van der Waals surface area contributed by atoms with Gasteiger partial charge in [-0.05, 0) is 62.7 Å². The summed E-state index contributed by atoms with van der Waals surface area (Å²) in [6, 6.07) is 0. The van der Waals surface area contributed by atoms with Crippen molar-refractivity contribution in [3.8, 4) is 0 Å². The second-order valence-electron chi connectivity index (χ2n) is 7.97. The van der Waals surface area contributed by atoms with Gasteiger partial charge in [-0.1, -0.05) is 0 Å². The average Bonchev–Trinajstić information content (AvgIpc) is 3.00. The summed E-state index contributed by atoms with van der Waals surface area (Å²) in [5, 5.41) is 6.77. The van der Waals surface area contributed by atoms with Crippen LogP contribution in [0, 0.1) is 23.7 Å². The van der Waals surface area contributed by atoms with Gasteiger partial charge in [-0.3, -0.25) is 10.2 Å². The summed E-state index contributed by atoms with van der Waals surface area (Å²) in [7, 11) is 0. The predicted molar refractivity (Wildman–Crippen MR) is 78.4 cm³/mol. The van der Waals surface area contributed by atoms with Crippen LogP contribution < -0.4 is 16.1 Å². The van der Waals surface area contributed by atoms with Gasteiger partial charge in [0.1, 0.15) is 12.8 Å². The lowest BCUT2D eigenvalue weighted by atomic mass is 9.70. The van der Waals surface area contributed by atoms with Crippen molar-refractivity contribution in [3.05, 3.63) is 0 Å². The molecule has 2 saturated heterocycles. The Kier molecular flexibility index (Phi) is 2.98. The number of cyclic esters (lactones) is 1. The van der Waals surface area contributed by atoms with Crippen LogP contribution in [0.2, 0.25) is 0 Å². The van der Waals surface area contributed by atoms with E-state index in [9.17, 15) is 4.79 Å². The highest BCUT2D eigenvalue weighted by Gasteiger charge is 2.55. The van der Waals surface area contributed by atoms with E-state index in [1.54, 1.807) is 0 Å². The molecule has 6 nitrogen and oxygen atoms in total. The Morgan fingerprint density at radius 2 is 1.91 bits per heavy atom. The molecule has 6 heteroatoms. The van der Waals surface area contributed by atoms with Gasteiger partial charge in [-0.15, -0.1) is 0 Å². The maximum Gasteiger partial charge on any atom is 0.407 e. The summed E-state index contributed by atoms with van der Waals surface area (Å²) < 4.78 is 5.22. The monoisotopic (exact) mass is 307 g/mol. The van der Waals surface area contributed by atoms with Crippen molar-refractivity contribution >= 4 is 6.09 Å². The Morgan fingerprint density at radius 3 is 2.68 bits per heavy atom. The normalized spacial score (nSPS) is 50.9. The zero-order valence-electron chi connectivity index (χ0n) is 12.8. The van der Waals surface area contributed by atoms with E-state index in [0.29, 0.717) is 30.5 Å². The summed E-state index contributed by atoms with van der Waals surface area (Å²) in [4.78, 5) is 17.2. The van der Waals surface area contributed by atoms with Gasteiger partial charge in [0, 0.05) is 5.92 Å². The highest BCUT2D eigenvalue weighted by Crippen LogP contribution is 2.51. The molecule has 0 bridgehead atoms. The van der Waals surface area contributed by atoms with Crippen molar-refractivity contribution < 1.29 is 14.4 Å². The Morgan fingerprint density at radius 1 is 1.05 bits per heavy atom. The van der Waals surface area contributed by atoms with Crippen molar-refractivity contribution in [1.29, 1.82) is 0 Å². The first-order chi connectivity index (χ1) is 10.7.